The number of carbonyl (C=O) groups is 1. The molecule has 4 atom stereocenters. The largest absolute Gasteiger partial charge is 0.478 e. The molecular formula is C27H29NO5S. The van der Waals surface area contributed by atoms with Crippen LogP contribution in [0.15, 0.2) is 77.7 Å². The first-order chi connectivity index (χ1) is 16.5. The Morgan fingerprint density at radius 1 is 0.912 bits per heavy atom. The standard InChI is InChI=1S/C27H29NO5S/c1-17-24(16-34-23-12-10-21(11-13-23)26(30)31)32-27(22-8-2-18(14-28)3-9-22)33-25(17)20-6-4-19(15-29)5-7-20/h2-13,17,24-25,27,29H,14-16,28H2,1H3,(H,30,31)/t17-,24+,25+,27+/m1/s1. The van der Waals surface area contributed by atoms with Crippen molar-refractivity contribution in [2.75, 3.05) is 5.75 Å². The number of aromatic carboxylic acids is 1. The van der Waals surface area contributed by atoms with Crippen molar-refractivity contribution in [3.63, 3.8) is 0 Å². The molecule has 6 nitrogen and oxygen atoms in total. The molecule has 3 aromatic rings. The molecule has 4 rings (SSSR count). The van der Waals surface area contributed by atoms with Crippen LogP contribution in [0, 0.1) is 5.92 Å². The molecule has 1 aliphatic rings. The van der Waals surface area contributed by atoms with E-state index < -0.39 is 12.3 Å². The van der Waals surface area contributed by atoms with Gasteiger partial charge in [-0.1, -0.05) is 55.5 Å². The Morgan fingerprint density at radius 3 is 2.12 bits per heavy atom. The fourth-order valence-corrected chi connectivity index (χ4v) is 5.06. The quantitative estimate of drug-likeness (QED) is 0.394. The third-order valence-electron chi connectivity index (χ3n) is 6.13. The van der Waals surface area contributed by atoms with Crippen LogP contribution in [-0.2, 0) is 22.6 Å². The second-order valence-electron chi connectivity index (χ2n) is 8.41. The van der Waals surface area contributed by atoms with Gasteiger partial charge in [-0.3, -0.25) is 0 Å². The third kappa shape index (κ3) is 5.68. The first kappa shape index (κ1) is 24.4. The Morgan fingerprint density at radius 2 is 1.53 bits per heavy atom. The molecule has 0 aromatic heterocycles. The molecule has 1 heterocycles. The molecule has 0 unspecified atom stereocenters. The lowest BCUT2D eigenvalue weighted by Crippen LogP contribution is -2.38. The van der Waals surface area contributed by atoms with Crippen molar-refractivity contribution in [2.45, 2.75) is 43.5 Å². The Labute approximate surface area is 203 Å². The number of rotatable bonds is 8. The van der Waals surface area contributed by atoms with Gasteiger partial charge in [-0.15, -0.1) is 11.8 Å². The van der Waals surface area contributed by atoms with E-state index in [0.717, 1.165) is 27.1 Å². The summed E-state index contributed by atoms with van der Waals surface area (Å²) in [5.41, 5.74) is 9.89. The SMILES string of the molecule is C[C@@H]1[C@H](CSc2ccc(C(=O)O)cc2)O[C@H](c2ccc(CN)cc2)O[C@@H]1c1ccc(CO)cc1. The molecular weight excluding hydrogens is 450 g/mol. The van der Waals surface area contributed by atoms with Crippen LogP contribution >= 0.6 is 11.8 Å². The van der Waals surface area contributed by atoms with Crippen molar-refractivity contribution in [3.8, 4) is 0 Å². The minimum Gasteiger partial charge on any atom is -0.478 e. The van der Waals surface area contributed by atoms with Crippen LogP contribution in [0.1, 0.15) is 51.9 Å². The Balaban J connectivity index is 1.55. The first-order valence-electron chi connectivity index (χ1n) is 11.2. The molecule has 0 aliphatic carbocycles. The number of hydrogen-bond donors (Lipinski definition) is 3. The highest BCUT2D eigenvalue weighted by molar-refractivity contribution is 7.99. The maximum atomic E-state index is 11.1. The van der Waals surface area contributed by atoms with Gasteiger partial charge < -0.3 is 25.4 Å². The summed E-state index contributed by atoms with van der Waals surface area (Å²) in [7, 11) is 0. The van der Waals surface area contributed by atoms with Crippen LogP contribution in [0.4, 0.5) is 0 Å². The highest BCUT2D eigenvalue weighted by atomic mass is 32.2. The Hall–Kier alpha value is -2.68. The number of nitrogens with two attached hydrogens (primary N) is 1. The average Bonchev–Trinajstić information content (AvgIpc) is 2.88. The van der Waals surface area contributed by atoms with Gasteiger partial charge in [0.25, 0.3) is 0 Å². The molecule has 0 radical (unpaired) electrons. The maximum absolute atomic E-state index is 11.1. The normalized spacial score (nSPS) is 22.4. The average molecular weight is 480 g/mol. The fourth-order valence-electron chi connectivity index (χ4n) is 3.99. The number of ether oxygens (including phenoxy) is 2. The maximum Gasteiger partial charge on any atom is 0.335 e. The molecule has 0 amide bonds. The van der Waals surface area contributed by atoms with E-state index in [1.165, 1.54) is 0 Å². The number of aliphatic hydroxyl groups is 1. The summed E-state index contributed by atoms with van der Waals surface area (Å²) in [5, 5.41) is 18.5. The number of thioether (sulfide) groups is 1. The van der Waals surface area contributed by atoms with Crippen molar-refractivity contribution in [2.24, 2.45) is 11.7 Å². The molecule has 0 saturated carbocycles. The van der Waals surface area contributed by atoms with Crippen molar-refractivity contribution in [3.05, 3.63) is 101 Å². The lowest BCUT2D eigenvalue weighted by atomic mass is 9.91. The van der Waals surface area contributed by atoms with Gasteiger partial charge in [-0.2, -0.15) is 0 Å². The van der Waals surface area contributed by atoms with Crippen LogP contribution in [0.25, 0.3) is 0 Å². The number of carboxylic acid groups (broad SMARTS) is 1. The number of carboxylic acids is 1. The third-order valence-corrected chi connectivity index (χ3v) is 7.23. The van der Waals surface area contributed by atoms with E-state index in [2.05, 4.69) is 6.92 Å². The van der Waals surface area contributed by atoms with Gasteiger partial charge in [0.1, 0.15) is 0 Å². The molecule has 0 spiro atoms. The van der Waals surface area contributed by atoms with Gasteiger partial charge in [-0.05, 0) is 41.0 Å². The molecule has 3 aromatic carbocycles. The molecule has 0 bridgehead atoms. The second kappa shape index (κ2) is 11.2. The molecule has 7 heteroatoms. The van der Waals surface area contributed by atoms with E-state index >= 15 is 0 Å². The Kier molecular flexibility index (Phi) is 8.03. The summed E-state index contributed by atoms with van der Waals surface area (Å²) in [6.07, 6.45) is -0.800. The van der Waals surface area contributed by atoms with Crippen LogP contribution in [0.5, 0.6) is 0 Å². The lowest BCUT2D eigenvalue weighted by Gasteiger charge is -2.41. The van der Waals surface area contributed by atoms with Crippen LogP contribution in [0.3, 0.4) is 0 Å². The van der Waals surface area contributed by atoms with Crippen molar-refractivity contribution >= 4 is 17.7 Å². The van der Waals surface area contributed by atoms with Crippen molar-refractivity contribution < 1.29 is 24.5 Å². The minimum absolute atomic E-state index is 0.000514. The van der Waals surface area contributed by atoms with Gasteiger partial charge in [0.15, 0.2) is 6.29 Å². The van der Waals surface area contributed by atoms with Gasteiger partial charge in [-0.25, -0.2) is 4.79 Å². The molecule has 1 saturated heterocycles. The highest BCUT2D eigenvalue weighted by Gasteiger charge is 2.38. The molecule has 34 heavy (non-hydrogen) atoms. The zero-order valence-electron chi connectivity index (χ0n) is 19.0. The van der Waals surface area contributed by atoms with Gasteiger partial charge in [0.2, 0.25) is 0 Å². The zero-order chi connectivity index (χ0) is 24.1. The summed E-state index contributed by atoms with van der Waals surface area (Å²) in [5.74, 6) is -0.165. The molecule has 178 valence electrons. The highest BCUT2D eigenvalue weighted by Crippen LogP contribution is 2.43. The van der Waals surface area contributed by atoms with E-state index in [4.69, 9.17) is 20.3 Å². The predicted molar refractivity (Wildman–Crippen MR) is 131 cm³/mol. The summed E-state index contributed by atoms with van der Waals surface area (Å²) >= 11 is 1.63. The topological polar surface area (TPSA) is 102 Å². The van der Waals surface area contributed by atoms with E-state index in [1.807, 2.05) is 60.7 Å². The van der Waals surface area contributed by atoms with Crippen LogP contribution in [-0.4, -0.2) is 28.0 Å². The van der Waals surface area contributed by atoms with E-state index in [0.29, 0.717) is 12.3 Å². The van der Waals surface area contributed by atoms with E-state index in [1.54, 1.807) is 23.9 Å². The van der Waals surface area contributed by atoms with Crippen LogP contribution < -0.4 is 5.73 Å². The number of aliphatic hydroxyl groups excluding tert-OH is 1. The van der Waals surface area contributed by atoms with E-state index in [9.17, 15) is 9.90 Å². The first-order valence-corrected chi connectivity index (χ1v) is 12.2. The zero-order valence-corrected chi connectivity index (χ0v) is 19.8. The molecule has 4 N–H and O–H groups in total. The van der Waals surface area contributed by atoms with Gasteiger partial charge in [0.05, 0.1) is 24.4 Å². The summed E-state index contributed by atoms with van der Waals surface area (Å²) in [6, 6.07) is 22.7. The number of hydrogen-bond acceptors (Lipinski definition) is 6. The van der Waals surface area contributed by atoms with Gasteiger partial charge in [0, 0.05) is 28.7 Å². The minimum atomic E-state index is -0.934. The monoisotopic (exact) mass is 479 g/mol. The molecule has 1 fully saturated rings. The Bertz CT molecular complexity index is 1090. The van der Waals surface area contributed by atoms with Crippen LogP contribution in [0.2, 0.25) is 0 Å². The van der Waals surface area contributed by atoms with Gasteiger partial charge >= 0.3 is 5.97 Å². The predicted octanol–water partition coefficient (Wildman–Crippen LogP) is 4.92. The van der Waals surface area contributed by atoms with Crippen molar-refractivity contribution in [1.29, 1.82) is 0 Å². The van der Waals surface area contributed by atoms with E-state index in [-0.39, 0.29) is 30.3 Å². The summed E-state index contributed by atoms with van der Waals surface area (Å²) < 4.78 is 12.9. The summed E-state index contributed by atoms with van der Waals surface area (Å²) in [6.45, 7) is 2.60. The smallest absolute Gasteiger partial charge is 0.335 e. The lowest BCUT2D eigenvalue weighted by molar-refractivity contribution is -0.268. The molecule has 1 aliphatic heterocycles. The van der Waals surface area contributed by atoms with Crippen molar-refractivity contribution in [1.82, 2.24) is 0 Å². The second-order valence-corrected chi connectivity index (χ2v) is 9.50. The number of benzene rings is 3. The summed E-state index contributed by atoms with van der Waals surface area (Å²) in [4.78, 5) is 12.1. The fraction of sp³-hybridized carbons (Fsp3) is 0.296.